The summed E-state index contributed by atoms with van der Waals surface area (Å²) < 4.78 is 7.06. The zero-order chi connectivity index (χ0) is 17.4. The van der Waals surface area contributed by atoms with E-state index in [0.29, 0.717) is 5.69 Å². The molecule has 2 rings (SSSR count). The molecule has 24 heavy (non-hydrogen) atoms. The van der Waals surface area contributed by atoms with Gasteiger partial charge in [0.25, 0.3) is 0 Å². The predicted molar refractivity (Wildman–Crippen MR) is 87.2 cm³/mol. The lowest BCUT2D eigenvalue weighted by molar-refractivity contribution is -0.124. The van der Waals surface area contributed by atoms with Crippen molar-refractivity contribution in [3.05, 3.63) is 42.2 Å². The molecule has 0 spiro atoms. The van der Waals surface area contributed by atoms with E-state index in [-0.39, 0.29) is 31.4 Å². The highest BCUT2D eigenvalue weighted by Gasteiger charge is 2.16. The third kappa shape index (κ3) is 5.08. The number of carbonyl (C=O) groups excluding carboxylic acids is 2. The lowest BCUT2D eigenvalue weighted by atomic mass is 10.3. The van der Waals surface area contributed by atoms with Gasteiger partial charge in [-0.1, -0.05) is 23.4 Å². The van der Waals surface area contributed by atoms with Crippen molar-refractivity contribution in [2.45, 2.75) is 26.0 Å². The Kier molecular flexibility index (Phi) is 6.30. The predicted octanol–water partition coefficient (Wildman–Crippen LogP) is 0.670. The van der Waals surface area contributed by atoms with Crippen LogP contribution in [0.5, 0.6) is 5.75 Å². The van der Waals surface area contributed by atoms with Crippen LogP contribution >= 0.6 is 0 Å². The van der Waals surface area contributed by atoms with Crippen LogP contribution in [0.25, 0.3) is 0 Å². The molecule has 0 saturated heterocycles. The van der Waals surface area contributed by atoms with Crippen LogP contribution < -0.4 is 15.4 Å². The second-order valence-electron chi connectivity index (χ2n) is 5.18. The van der Waals surface area contributed by atoms with E-state index in [1.54, 1.807) is 20.2 Å². The number of aromatic nitrogens is 3. The van der Waals surface area contributed by atoms with Gasteiger partial charge in [0, 0.05) is 20.0 Å². The van der Waals surface area contributed by atoms with E-state index >= 15 is 0 Å². The van der Waals surface area contributed by atoms with E-state index in [2.05, 4.69) is 20.9 Å². The van der Waals surface area contributed by atoms with Crippen molar-refractivity contribution in [1.82, 2.24) is 25.6 Å². The maximum absolute atomic E-state index is 12.0. The molecule has 8 nitrogen and oxygen atoms in total. The van der Waals surface area contributed by atoms with E-state index in [4.69, 9.17) is 4.74 Å². The van der Waals surface area contributed by atoms with Gasteiger partial charge in [-0.3, -0.25) is 9.59 Å². The standard InChI is InChI=1S/C16H21N5O3/c1-12(16(23)18-9-8-15(22)17-2)21-10-13(19-20-21)11-24-14-6-4-3-5-7-14/h3-7,10,12H,8-9,11H2,1-2H3,(H,17,22)(H,18,23)/t12-/m1/s1. The molecule has 2 aromatic rings. The van der Waals surface area contributed by atoms with Gasteiger partial charge in [0.1, 0.15) is 24.1 Å². The average molecular weight is 331 g/mol. The first-order chi connectivity index (χ1) is 11.6. The van der Waals surface area contributed by atoms with E-state index in [1.807, 2.05) is 30.3 Å². The van der Waals surface area contributed by atoms with Crippen molar-refractivity contribution in [2.24, 2.45) is 0 Å². The van der Waals surface area contributed by atoms with Crippen molar-refractivity contribution in [2.75, 3.05) is 13.6 Å². The van der Waals surface area contributed by atoms with Gasteiger partial charge in [-0.2, -0.15) is 0 Å². The Labute approximate surface area is 140 Å². The van der Waals surface area contributed by atoms with Crippen molar-refractivity contribution in [3.63, 3.8) is 0 Å². The SMILES string of the molecule is CNC(=O)CCNC(=O)[C@@H](C)n1cc(COc2ccccc2)nn1. The average Bonchev–Trinajstić information content (AvgIpc) is 3.08. The summed E-state index contributed by atoms with van der Waals surface area (Å²) in [5, 5.41) is 13.1. The molecule has 1 heterocycles. The number of para-hydroxylation sites is 1. The molecule has 1 atom stereocenters. The Hall–Kier alpha value is -2.90. The fraction of sp³-hybridized carbons (Fsp3) is 0.375. The molecule has 0 radical (unpaired) electrons. The molecule has 128 valence electrons. The molecule has 2 N–H and O–H groups in total. The van der Waals surface area contributed by atoms with Gasteiger partial charge in [0.2, 0.25) is 11.8 Å². The third-order valence-electron chi connectivity index (χ3n) is 3.39. The van der Waals surface area contributed by atoms with Crippen LogP contribution in [-0.2, 0) is 16.2 Å². The second kappa shape index (κ2) is 8.66. The van der Waals surface area contributed by atoms with Crippen LogP contribution in [-0.4, -0.2) is 40.4 Å². The number of nitrogens with zero attached hydrogens (tertiary/aromatic N) is 3. The second-order valence-corrected chi connectivity index (χ2v) is 5.18. The number of hydrogen-bond donors (Lipinski definition) is 2. The number of rotatable bonds is 8. The van der Waals surface area contributed by atoms with Gasteiger partial charge in [0.15, 0.2) is 0 Å². The van der Waals surface area contributed by atoms with E-state index in [1.165, 1.54) is 4.68 Å². The van der Waals surface area contributed by atoms with Crippen molar-refractivity contribution in [3.8, 4) is 5.75 Å². The molecule has 0 aliphatic carbocycles. The van der Waals surface area contributed by atoms with Gasteiger partial charge < -0.3 is 15.4 Å². The summed E-state index contributed by atoms with van der Waals surface area (Å²) in [6.07, 6.45) is 1.91. The molecular weight excluding hydrogens is 310 g/mol. The summed E-state index contributed by atoms with van der Waals surface area (Å²) in [5.41, 5.74) is 0.629. The highest BCUT2D eigenvalue weighted by Crippen LogP contribution is 2.11. The van der Waals surface area contributed by atoms with Crippen LogP contribution in [0.4, 0.5) is 0 Å². The first-order valence-electron chi connectivity index (χ1n) is 7.67. The molecule has 1 aromatic carbocycles. The Morgan fingerprint density at radius 1 is 1.29 bits per heavy atom. The third-order valence-corrected chi connectivity index (χ3v) is 3.39. The molecular formula is C16H21N5O3. The zero-order valence-electron chi connectivity index (χ0n) is 13.7. The summed E-state index contributed by atoms with van der Waals surface area (Å²) in [5.74, 6) is 0.399. The van der Waals surface area contributed by atoms with Crippen LogP contribution in [0.15, 0.2) is 36.5 Å². The molecule has 1 aromatic heterocycles. The molecule has 0 bridgehead atoms. The fourth-order valence-corrected chi connectivity index (χ4v) is 1.93. The number of hydrogen-bond acceptors (Lipinski definition) is 5. The molecule has 8 heteroatoms. The molecule has 0 saturated carbocycles. The first-order valence-corrected chi connectivity index (χ1v) is 7.67. The minimum atomic E-state index is -0.521. The Bertz CT molecular complexity index is 671. The molecule has 0 aliphatic heterocycles. The Morgan fingerprint density at radius 3 is 2.75 bits per heavy atom. The fourth-order valence-electron chi connectivity index (χ4n) is 1.93. The maximum atomic E-state index is 12.0. The molecule has 2 amide bonds. The van der Waals surface area contributed by atoms with Gasteiger partial charge in [0.05, 0.1) is 6.20 Å². The highest BCUT2D eigenvalue weighted by molar-refractivity contribution is 5.81. The number of carbonyl (C=O) groups is 2. The first kappa shape index (κ1) is 17.5. The lowest BCUT2D eigenvalue weighted by Gasteiger charge is -2.11. The van der Waals surface area contributed by atoms with Crippen LogP contribution in [0.3, 0.4) is 0 Å². The van der Waals surface area contributed by atoms with Crippen molar-refractivity contribution in [1.29, 1.82) is 0 Å². The normalized spacial score (nSPS) is 11.6. The number of nitrogens with one attached hydrogen (secondary N) is 2. The van der Waals surface area contributed by atoms with Crippen LogP contribution in [0.1, 0.15) is 25.1 Å². The van der Waals surface area contributed by atoms with E-state index < -0.39 is 6.04 Å². The Morgan fingerprint density at radius 2 is 2.04 bits per heavy atom. The summed E-state index contributed by atoms with van der Waals surface area (Å²) >= 11 is 0. The van der Waals surface area contributed by atoms with Gasteiger partial charge in [-0.15, -0.1) is 5.10 Å². The monoisotopic (exact) mass is 331 g/mol. The highest BCUT2D eigenvalue weighted by atomic mass is 16.5. The van der Waals surface area contributed by atoms with Crippen LogP contribution in [0.2, 0.25) is 0 Å². The minimum Gasteiger partial charge on any atom is -0.487 e. The summed E-state index contributed by atoms with van der Waals surface area (Å²) in [4.78, 5) is 23.2. The summed E-state index contributed by atoms with van der Waals surface area (Å²) in [7, 11) is 1.56. The summed E-state index contributed by atoms with van der Waals surface area (Å²) in [6, 6.07) is 8.87. The Balaban J connectivity index is 1.82. The van der Waals surface area contributed by atoms with E-state index in [0.717, 1.165) is 5.75 Å². The largest absolute Gasteiger partial charge is 0.487 e. The molecule has 0 unspecified atom stereocenters. The quantitative estimate of drug-likeness (QED) is 0.741. The topological polar surface area (TPSA) is 98.1 Å². The zero-order valence-corrected chi connectivity index (χ0v) is 13.7. The van der Waals surface area contributed by atoms with Gasteiger partial charge in [-0.05, 0) is 19.1 Å². The maximum Gasteiger partial charge on any atom is 0.244 e. The molecule has 0 fully saturated rings. The van der Waals surface area contributed by atoms with E-state index in [9.17, 15) is 9.59 Å². The minimum absolute atomic E-state index is 0.121. The molecule has 0 aliphatic rings. The smallest absolute Gasteiger partial charge is 0.244 e. The summed E-state index contributed by atoms with van der Waals surface area (Å²) in [6.45, 7) is 2.27. The van der Waals surface area contributed by atoms with Crippen molar-refractivity contribution >= 4 is 11.8 Å². The number of benzene rings is 1. The van der Waals surface area contributed by atoms with Crippen LogP contribution in [0, 0.1) is 0 Å². The van der Waals surface area contributed by atoms with Crippen molar-refractivity contribution < 1.29 is 14.3 Å². The number of amides is 2. The number of ether oxygens (including phenoxy) is 1. The lowest BCUT2D eigenvalue weighted by Crippen LogP contribution is -2.34. The van der Waals surface area contributed by atoms with Gasteiger partial charge >= 0.3 is 0 Å². The van der Waals surface area contributed by atoms with Gasteiger partial charge in [-0.25, -0.2) is 4.68 Å².